The van der Waals surface area contributed by atoms with Crippen molar-refractivity contribution in [1.29, 1.82) is 0 Å². The number of halogens is 3. The van der Waals surface area contributed by atoms with Crippen molar-refractivity contribution in [3.05, 3.63) is 34.6 Å². The second-order valence-corrected chi connectivity index (χ2v) is 6.92. The number of hydrogen-bond acceptors (Lipinski definition) is 5. The molecule has 0 radical (unpaired) electrons. The Kier molecular flexibility index (Phi) is 4.27. The van der Waals surface area contributed by atoms with Crippen LogP contribution in [0.3, 0.4) is 0 Å². The van der Waals surface area contributed by atoms with Gasteiger partial charge in [0, 0.05) is 43.4 Å². The third-order valence-corrected chi connectivity index (χ3v) is 5.26. The maximum atomic E-state index is 12.5. The molecule has 1 aliphatic carbocycles. The fourth-order valence-corrected chi connectivity index (χ4v) is 3.82. The first kappa shape index (κ1) is 17.7. The van der Waals surface area contributed by atoms with Crippen LogP contribution in [0.15, 0.2) is 27.6 Å². The third kappa shape index (κ3) is 3.35. The average Bonchev–Trinajstić information content (AvgIpc) is 3.21. The lowest BCUT2D eigenvalue weighted by Crippen LogP contribution is -2.56. The van der Waals surface area contributed by atoms with Crippen LogP contribution in [-0.4, -0.2) is 38.1 Å². The monoisotopic (exact) mass is 382 g/mol. The standard InChI is InChI=1S/C17H17F3N4O3/c18-17(19,20)16-21-15(22-27-16)10-4-6-23(14(26)8-10)7-5-13(25)24-9-11-2-1-3-12(11)24/h4,6,8,11-12H,1-3,5,7,9H2/t11-,12-/m1/s1. The van der Waals surface area contributed by atoms with E-state index in [4.69, 9.17) is 0 Å². The number of fused-ring (bicyclic) bond motifs is 1. The molecule has 2 aromatic heterocycles. The van der Waals surface area contributed by atoms with E-state index in [1.165, 1.54) is 23.3 Å². The summed E-state index contributed by atoms with van der Waals surface area (Å²) in [5.41, 5.74) is -0.320. The lowest BCUT2D eigenvalue weighted by molar-refractivity contribution is -0.159. The predicted molar refractivity (Wildman–Crippen MR) is 86.5 cm³/mol. The predicted octanol–water partition coefficient (Wildman–Crippen LogP) is 2.32. The number of carbonyl (C=O) groups is 1. The van der Waals surface area contributed by atoms with Gasteiger partial charge in [-0.15, -0.1) is 0 Å². The molecular weight excluding hydrogens is 365 g/mol. The number of alkyl halides is 3. The van der Waals surface area contributed by atoms with Gasteiger partial charge in [0.05, 0.1) is 0 Å². The second-order valence-electron chi connectivity index (χ2n) is 6.92. The maximum absolute atomic E-state index is 12.5. The van der Waals surface area contributed by atoms with Gasteiger partial charge in [-0.1, -0.05) is 11.6 Å². The van der Waals surface area contributed by atoms with Crippen molar-refractivity contribution in [3.63, 3.8) is 0 Å². The first-order valence-corrected chi connectivity index (χ1v) is 8.74. The van der Waals surface area contributed by atoms with E-state index in [0.717, 1.165) is 25.5 Å². The van der Waals surface area contributed by atoms with Gasteiger partial charge in [-0.3, -0.25) is 9.59 Å². The molecular formula is C17H17F3N4O3. The first-order chi connectivity index (χ1) is 12.8. The van der Waals surface area contributed by atoms with E-state index in [2.05, 4.69) is 14.7 Å². The molecule has 2 atom stereocenters. The van der Waals surface area contributed by atoms with Crippen LogP contribution in [0.25, 0.3) is 11.4 Å². The van der Waals surface area contributed by atoms with Gasteiger partial charge in [0.25, 0.3) is 5.56 Å². The largest absolute Gasteiger partial charge is 0.471 e. The average molecular weight is 382 g/mol. The Morgan fingerprint density at radius 3 is 2.81 bits per heavy atom. The summed E-state index contributed by atoms with van der Waals surface area (Å²) in [5.74, 6) is -1.11. The molecule has 0 N–H and O–H groups in total. The van der Waals surface area contributed by atoms with Crippen LogP contribution in [-0.2, 0) is 17.5 Å². The molecule has 2 aliphatic rings. The van der Waals surface area contributed by atoms with Gasteiger partial charge in [0.2, 0.25) is 11.7 Å². The van der Waals surface area contributed by atoms with Crippen LogP contribution >= 0.6 is 0 Å². The second kappa shape index (κ2) is 6.50. The molecule has 1 amide bonds. The van der Waals surface area contributed by atoms with Gasteiger partial charge in [0.1, 0.15) is 0 Å². The SMILES string of the molecule is O=C(CCn1ccc(-c2noc(C(F)(F)F)n2)cc1=O)N1C[C@H]2CCC[C@H]21. The Bertz CT molecular complexity index is 921. The summed E-state index contributed by atoms with van der Waals surface area (Å²) >= 11 is 0. The maximum Gasteiger partial charge on any atom is 0.471 e. The van der Waals surface area contributed by atoms with Gasteiger partial charge in [-0.05, 0) is 24.8 Å². The van der Waals surface area contributed by atoms with Gasteiger partial charge in [-0.25, -0.2) is 0 Å². The van der Waals surface area contributed by atoms with Crippen LogP contribution in [0.4, 0.5) is 13.2 Å². The van der Waals surface area contributed by atoms with E-state index in [1.807, 2.05) is 4.90 Å². The highest BCUT2D eigenvalue weighted by Gasteiger charge is 2.44. The molecule has 0 unspecified atom stereocenters. The zero-order chi connectivity index (χ0) is 19.2. The molecule has 0 spiro atoms. The Morgan fingerprint density at radius 2 is 2.15 bits per heavy atom. The van der Waals surface area contributed by atoms with E-state index in [0.29, 0.717) is 12.0 Å². The molecule has 4 rings (SSSR count). The van der Waals surface area contributed by atoms with Gasteiger partial charge in [0.15, 0.2) is 0 Å². The Labute approximate surface area is 151 Å². The van der Waals surface area contributed by atoms with E-state index >= 15 is 0 Å². The summed E-state index contributed by atoms with van der Waals surface area (Å²) in [6.07, 6.45) is 0.283. The van der Waals surface area contributed by atoms with E-state index < -0.39 is 17.6 Å². The van der Waals surface area contributed by atoms with Crippen molar-refractivity contribution < 1.29 is 22.5 Å². The van der Waals surface area contributed by atoms with Crippen molar-refractivity contribution in [2.45, 2.75) is 44.4 Å². The zero-order valence-corrected chi connectivity index (χ0v) is 14.3. The van der Waals surface area contributed by atoms with Crippen LogP contribution in [0.2, 0.25) is 0 Å². The Balaban J connectivity index is 1.41. The number of nitrogens with zero attached hydrogens (tertiary/aromatic N) is 4. The van der Waals surface area contributed by atoms with E-state index in [1.54, 1.807) is 0 Å². The molecule has 0 aromatic carbocycles. The van der Waals surface area contributed by atoms with E-state index in [9.17, 15) is 22.8 Å². The van der Waals surface area contributed by atoms with Crippen LogP contribution in [0.1, 0.15) is 31.6 Å². The lowest BCUT2D eigenvalue weighted by Gasteiger charge is -2.44. The van der Waals surface area contributed by atoms with Crippen LogP contribution in [0, 0.1) is 5.92 Å². The zero-order valence-electron chi connectivity index (χ0n) is 14.3. The summed E-state index contributed by atoms with van der Waals surface area (Å²) in [4.78, 5) is 29.6. The number of amides is 1. The van der Waals surface area contributed by atoms with Crippen molar-refractivity contribution in [2.24, 2.45) is 5.92 Å². The molecule has 2 fully saturated rings. The smallest absolute Gasteiger partial charge is 0.339 e. The fraction of sp³-hybridized carbons (Fsp3) is 0.529. The minimum Gasteiger partial charge on any atom is -0.339 e. The topological polar surface area (TPSA) is 81.2 Å². The number of pyridine rings is 1. The van der Waals surface area contributed by atoms with Gasteiger partial charge >= 0.3 is 12.1 Å². The summed E-state index contributed by atoms with van der Waals surface area (Å²) in [5, 5.41) is 3.26. The fourth-order valence-electron chi connectivity index (χ4n) is 3.82. The number of aryl methyl sites for hydroxylation is 1. The van der Waals surface area contributed by atoms with E-state index in [-0.39, 0.29) is 30.3 Å². The highest BCUT2D eigenvalue weighted by molar-refractivity contribution is 5.77. The molecule has 10 heteroatoms. The van der Waals surface area contributed by atoms with Gasteiger partial charge in [-0.2, -0.15) is 18.2 Å². The molecule has 7 nitrogen and oxygen atoms in total. The molecule has 144 valence electrons. The summed E-state index contributed by atoms with van der Waals surface area (Å²) < 4.78 is 43.1. The molecule has 3 heterocycles. The number of aromatic nitrogens is 3. The Morgan fingerprint density at radius 1 is 1.33 bits per heavy atom. The summed E-state index contributed by atoms with van der Waals surface area (Å²) in [7, 11) is 0. The van der Waals surface area contributed by atoms with Crippen molar-refractivity contribution in [1.82, 2.24) is 19.6 Å². The minimum atomic E-state index is -4.74. The highest BCUT2D eigenvalue weighted by atomic mass is 19.4. The van der Waals surface area contributed by atoms with Crippen molar-refractivity contribution in [2.75, 3.05) is 6.54 Å². The van der Waals surface area contributed by atoms with Crippen molar-refractivity contribution in [3.8, 4) is 11.4 Å². The number of hydrogen-bond donors (Lipinski definition) is 0. The molecule has 27 heavy (non-hydrogen) atoms. The summed E-state index contributed by atoms with van der Waals surface area (Å²) in [6.45, 7) is 1.02. The lowest BCUT2D eigenvalue weighted by atomic mass is 9.91. The molecule has 2 aromatic rings. The van der Waals surface area contributed by atoms with Crippen LogP contribution in [0.5, 0.6) is 0 Å². The molecule has 0 bridgehead atoms. The minimum absolute atomic E-state index is 0.0297. The molecule has 1 aliphatic heterocycles. The first-order valence-electron chi connectivity index (χ1n) is 8.74. The third-order valence-electron chi connectivity index (χ3n) is 5.26. The number of carbonyl (C=O) groups excluding carboxylic acids is 1. The van der Waals surface area contributed by atoms with Gasteiger partial charge < -0.3 is 14.0 Å². The Hall–Kier alpha value is -2.65. The number of likely N-dealkylation sites (tertiary alicyclic amines) is 1. The van der Waals surface area contributed by atoms with Crippen molar-refractivity contribution >= 4 is 5.91 Å². The van der Waals surface area contributed by atoms with Crippen LogP contribution < -0.4 is 5.56 Å². The number of rotatable bonds is 4. The quantitative estimate of drug-likeness (QED) is 0.811. The normalized spacial score (nSPS) is 21.8. The molecule has 1 saturated carbocycles. The highest BCUT2D eigenvalue weighted by Crippen LogP contribution is 2.39. The summed E-state index contributed by atoms with van der Waals surface area (Å²) in [6, 6.07) is 2.91. The molecule has 1 saturated heterocycles.